The van der Waals surface area contributed by atoms with Crippen LogP contribution in [0.3, 0.4) is 0 Å². The van der Waals surface area contributed by atoms with Gasteiger partial charge in [0.25, 0.3) is 0 Å². The number of benzene rings is 4. The fourth-order valence-corrected chi connectivity index (χ4v) is 7.39. The number of hydrogen-bond acceptors (Lipinski definition) is 1. The fraction of sp³-hybridized carbons (Fsp3) is 0. The van der Waals surface area contributed by atoms with Gasteiger partial charge in [0, 0.05) is 5.56 Å². The summed E-state index contributed by atoms with van der Waals surface area (Å²) in [5.74, 6) is 0.698. The Kier molecular flexibility index (Phi) is 5.22. The van der Waals surface area contributed by atoms with Gasteiger partial charge in [-0.2, -0.15) is 0 Å². The van der Waals surface area contributed by atoms with E-state index in [2.05, 4.69) is 79.4 Å². The van der Waals surface area contributed by atoms with Gasteiger partial charge in [-0.1, -0.05) is 128 Å². The molecule has 136 valence electrons. The maximum Gasteiger partial charge on any atom is 0.346 e. The molecule has 0 spiro atoms. The molecule has 0 aromatic heterocycles. The van der Waals surface area contributed by atoms with Crippen molar-refractivity contribution in [3.05, 3.63) is 133 Å². The summed E-state index contributed by atoms with van der Waals surface area (Å²) in [6, 6.07) is 41.8. The molecule has 0 aliphatic carbocycles. The summed E-state index contributed by atoms with van der Waals surface area (Å²) in [7, 11) is -2.77. The van der Waals surface area contributed by atoms with Gasteiger partial charge in [-0.3, -0.25) is 0 Å². The molecule has 4 rings (SSSR count). The van der Waals surface area contributed by atoms with Crippen LogP contribution in [0, 0.1) is 0 Å². The molecule has 28 heavy (non-hydrogen) atoms. The molecule has 0 radical (unpaired) electrons. The van der Waals surface area contributed by atoms with Crippen molar-refractivity contribution in [3.8, 4) is 0 Å². The van der Waals surface area contributed by atoms with Gasteiger partial charge < -0.3 is 4.43 Å². The van der Waals surface area contributed by atoms with Crippen LogP contribution in [0.25, 0.3) is 5.76 Å². The van der Waals surface area contributed by atoms with Crippen LogP contribution in [0.5, 0.6) is 0 Å². The van der Waals surface area contributed by atoms with Crippen molar-refractivity contribution >= 4 is 29.6 Å². The van der Waals surface area contributed by atoms with E-state index >= 15 is 0 Å². The van der Waals surface area contributed by atoms with Crippen LogP contribution in [-0.4, -0.2) is 8.32 Å². The van der Waals surface area contributed by atoms with Crippen molar-refractivity contribution in [2.45, 2.75) is 0 Å². The smallest absolute Gasteiger partial charge is 0.346 e. The lowest BCUT2D eigenvalue weighted by Crippen LogP contribution is -2.69. The van der Waals surface area contributed by atoms with Crippen LogP contribution in [0.15, 0.2) is 128 Å². The first kappa shape index (κ1) is 18.0. The van der Waals surface area contributed by atoms with E-state index in [1.165, 1.54) is 15.6 Å². The van der Waals surface area contributed by atoms with Gasteiger partial charge in [0.05, 0.1) is 0 Å². The molecule has 0 unspecified atom stereocenters. The quantitative estimate of drug-likeness (QED) is 0.275. The lowest BCUT2D eigenvalue weighted by atomic mass is 10.2. The molecule has 0 saturated heterocycles. The minimum absolute atomic E-state index is 0.698. The van der Waals surface area contributed by atoms with Crippen molar-refractivity contribution in [2.24, 2.45) is 0 Å². The Balaban J connectivity index is 1.95. The van der Waals surface area contributed by atoms with Crippen molar-refractivity contribution in [1.82, 2.24) is 0 Å². The Hall–Kier alpha value is -3.36. The van der Waals surface area contributed by atoms with E-state index in [1.54, 1.807) is 0 Å². The van der Waals surface area contributed by atoms with E-state index < -0.39 is 8.32 Å². The van der Waals surface area contributed by atoms with Crippen LogP contribution >= 0.6 is 0 Å². The Morgan fingerprint density at radius 3 is 1.18 bits per heavy atom. The molecular formula is C26H22OSi. The lowest BCUT2D eigenvalue weighted by Gasteiger charge is -2.34. The molecule has 0 heterocycles. The maximum absolute atomic E-state index is 6.93. The monoisotopic (exact) mass is 378 g/mol. The average Bonchev–Trinajstić information content (AvgIpc) is 2.80. The Labute approximate surface area is 167 Å². The van der Waals surface area contributed by atoms with Gasteiger partial charge in [0.15, 0.2) is 0 Å². The summed E-state index contributed by atoms with van der Waals surface area (Å²) < 4.78 is 6.93. The van der Waals surface area contributed by atoms with Crippen LogP contribution in [0.1, 0.15) is 5.56 Å². The summed E-state index contributed by atoms with van der Waals surface area (Å²) in [6.45, 7) is 4.30. The molecule has 0 atom stereocenters. The highest BCUT2D eigenvalue weighted by Crippen LogP contribution is 2.20. The molecular weight excluding hydrogens is 356 g/mol. The maximum atomic E-state index is 6.93. The summed E-state index contributed by atoms with van der Waals surface area (Å²) in [4.78, 5) is 0. The molecule has 0 saturated carbocycles. The van der Waals surface area contributed by atoms with Crippen LogP contribution in [0.4, 0.5) is 0 Å². The van der Waals surface area contributed by atoms with Crippen molar-refractivity contribution in [3.63, 3.8) is 0 Å². The molecule has 0 aliphatic heterocycles. The molecule has 4 aromatic carbocycles. The highest BCUT2D eigenvalue weighted by molar-refractivity contribution is 7.07. The van der Waals surface area contributed by atoms with E-state index in [0.717, 1.165) is 5.56 Å². The Morgan fingerprint density at radius 2 is 0.821 bits per heavy atom. The Bertz CT molecular complexity index is 932. The normalized spacial score (nSPS) is 11.0. The first-order chi connectivity index (χ1) is 13.8. The molecule has 1 nitrogen and oxygen atoms in total. The fourth-order valence-electron chi connectivity index (χ4n) is 3.56. The summed E-state index contributed by atoms with van der Waals surface area (Å²) >= 11 is 0. The van der Waals surface area contributed by atoms with Gasteiger partial charge in [0.1, 0.15) is 5.76 Å². The summed E-state index contributed by atoms with van der Waals surface area (Å²) in [6.07, 6.45) is 0. The van der Waals surface area contributed by atoms with E-state index in [1.807, 2.05) is 48.5 Å². The molecule has 0 fully saturated rings. The van der Waals surface area contributed by atoms with E-state index in [4.69, 9.17) is 4.43 Å². The molecule has 0 aliphatic rings. The zero-order valence-electron chi connectivity index (χ0n) is 15.7. The third-order valence-electron chi connectivity index (χ3n) is 4.91. The molecule has 0 N–H and O–H groups in total. The van der Waals surface area contributed by atoms with Crippen molar-refractivity contribution < 1.29 is 4.43 Å². The second kappa shape index (κ2) is 8.11. The lowest BCUT2D eigenvalue weighted by molar-refractivity contribution is 0.535. The van der Waals surface area contributed by atoms with Gasteiger partial charge in [0.2, 0.25) is 0 Å². The molecule has 0 amide bonds. The van der Waals surface area contributed by atoms with E-state index in [9.17, 15) is 0 Å². The SMILES string of the molecule is C=C(O[Si](c1ccccc1)(c1ccccc1)c1ccccc1)c1ccccc1. The van der Waals surface area contributed by atoms with Crippen molar-refractivity contribution in [2.75, 3.05) is 0 Å². The predicted molar refractivity (Wildman–Crippen MR) is 121 cm³/mol. The first-order valence-electron chi connectivity index (χ1n) is 9.40. The third kappa shape index (κ3) is 3.42. The average molecular weight is 379 g/mol. The largest absolute Gasteiger partial charge is 0.530 e. The zero-order valence-corrected chi connectivity index (χ0v) is 16.7. The minimum Gasteiger partial charge on any atom is -0.530 e. The van der Waals surface area contributed by atoms with Gasteiger partial charge >= 0.3 is 8.32 Å². The predicted octanol–water partition coefficient (Wildman–Crippen LogP) is 4.34. The van der Waals surface area contributed by atoms with Gasteiger partial charge in [-0.05, 0) is 15.6 Å². The second-order valence-electron chi connectivity index (χ2n) is 6.67. The van der Waals surface area contributed by atoms with Gasteiger partial charge in [-0.25, -0.2) is 0 Å². The van der Waals surface area contributed by atoms with Crippen molar-refractivity contribution in [1.29, 1.82) is 0 Å². The minimum atomic E-state index is -2.77. The second-order valence-corrected chi connectivity index (χ2v) is 9.97. The summed E-state index contributed by atoms with van der Waals surface area (Å²) in [5, 5.41) is 3.60. The van der Waals surface area contributed by atoms with Crippen LogP contribution < -0.4 is 15.6 Å². The first-order valence-corrected chi connectivity index (χ1v) is 11.3. The van der Waals surface area contributed by atoms with Crippen LogP contribution in [0.2, 0.25) is 0 Å². The molecule has 2 heteroatoms. The molecule has 4 aromatic rings. The highest BCUT2D eigenvalue weighted by atomic mass is 28.4. The number of hydrogen-bond donors (Lipinski definition) is 0. The highest BCUT2D eigenvalue weighted by Gasteiger charge is 2.44. The Morgan fingerprint density at radius 1 is 0.500 bits per heavy atom. The van der Waals surface area contributed by atoms with Gasteiger partial charge in [-0.15, -0.1) is 0 Å². The standard InChI is InChI=1S/C26H22OSi/c1-22(23-14-6-2-7-15-23)27-28(24-16-8-3-9-17-24,25-18-10-4-11-19-25)26-20-12-5-13-21-26/h2-21H,1H2. The van der Waals surface area contributed by atoms with E-state index in [0.29, 0.717) is 5.76 Å². The molecule has 0 bridgehead atoms. The third-order valence-corrected chi connectivity index (χ3v) is 8.90. The van der Waals surface area contributed by atoms with Crippen LogP contribution in [-0.2, 0) is 4.43 Å². The topological polar surface area (TPSA) is 9.23 Å². The van der Waals surface area contributed by atoms with E-state index in [-0.39, 0.29) is 0 Å². The summed E-state index contributed by atoms with van der Waals surface area (Å²) in [5.41, 5.74) is 1.00. The number of rotatable bonds is 6. The zero-order chi connectivity index (χ0) is 19.2.